The van der Waals surface area contributed by atoms with Gasteiger partial charge in [-0.1, -0.05) is 6.07 Å². The first kappa shape index (κ1) is 14.2. The minimum Gasteiger partial charge on any atom is -0.497 e. The van der Waals surface area contributed by atoms with Crippen molar-refractivity contribution in [3.05, 3.63) is 24.3 Å². The maximum absolute atomic E-state index is 9.73. The largest absolute Gasteiger partial charge is 0.497 e. The van der Waals surface area contributed by atoms with E-state index in [4.69, 9.17) is 9.47 Å². The van der Waals surface area contributed by atoms with Crippen LogP contribution in [0.4, 0.5) is 5.69 Å². The molecule has 1 aromatic rings. The normalized spacial score (nSPS) is 18.1. The molecule has 2 rings (SSSR count). The van der Waals surface area contributed by atoms with E-state index in [0.29, 0.717) is 0 Å². The summed E-state index contributed by atoms with van der Waals surface area (Å²) in [6, 6.07) is 8.01. The fourth-order valence-corrected chi connectivity index (χ4v) is 2.61. The summed E-state index contributed by atoms with van der Waals surface area (Å²) in [4.78, 5) is 2.18. The molecule has 4 heteroatoms. The van der Waals surface area contributed by atoms with Gasteiger partial charge in [0.05, 0.1) is 13.7 Å². The summed E-state index contributed by atoms with van der Waals surface area (Å²) in [5, 5.41) is 9.73. The molecule has 4 nitrogen and oxygen atoms in total. The molecule has 19 heavy (non-hydrogen) atoms. The van der Waals surface area contributed by atoms with Crippen LogP contribution < -0.4 is 9.64 Å². The highest BCUT2D eigenvalue weighted by molar-refractivity contribution is 5.50. The molecule has 0 unspecified atom stereocenters. The number of nitrogens with zero attached hydrogens (tertiary/aromatic N) is 1. The summed E-state index contributed by atoms with van der Waals surface area (Å²) in [6.07, 6.45) is 1.83. The lowest BCUT2D eigenvalue weighted by Gasteiger charge is -2.39. The molecule has 0 amide bonds. The zero-order valence-corrected chi connectivity index (χ0v) is 11.8. The Kier molecular flexibility index (Phi) is 4.66. The van der Waals surface area contributed by atoms with Gasteiger partial charge in [0.25, 0.3) is 0 Å². The fourth-order valence-electron chi connectivity index (χ4n) is 2.61. The lowest BCUT2D eigenvalue weighted by atomic mass is 9.80. The molecule has 1 N–H and O–H groups in total. The number of anilines is 1. The van der Waals surface area contributed by atoms with Crippen molar-refractivity contribution >= 4 is 5.69 Å². The average molecular weight is 265 g/mol. The van der Waals surface area contributed by atoms with Crippen molar-refractivity contribution in [1.82, 2.24) is 0 Å². The number of hydrogen-bond donors (Lipinski definition) is 1. The Labute approximate surface area is 114 Å². The molecule has 0 aliphatic carbocycles. The molecule has 0 atom stereocenters. The molecule has 0 aromatic heterocycles. The zero-order valence-electron chi connectivity index (χ0n) is 11.8. The van der Waals surface area contributed by atoms with Gasteiger partial charge in [-0.15, -0.1) is 0 Å². The first-order valence-electron chi connectivity index (χ1n) is 6.73. The minimum absolute atomic E-state index is 0.0456. The monoisotopic (exact) mass is 265 g/mol. The van der Waals surface area contributed by atoms with Gasteiger partial charge in [0.15, 0.2) is 0 Å². The van der Waals surface area contributed by atoms with Crippen LogP contribution in [0.15, 0.2) is 24.3 Å². The van der Waals surface area contributed by atoms with E-state index in [-0.39, 0.29) is 12.0 Å². The van der Waals surface area contributed by atoms with Crippen LogP contribution >= 0.6 is 0 Å². The van der Waals surface area contributed by atoms with Gasteiger partial charge < -0.3 is 19.5 Å². The van der Waals surface area contributed by atoms with Crippen molar-refractivity contribution in [3.8, 4) is 5.75 Å². The Morgan fingerprint density at radius 2 is 2.11 bits per heavy atom. The van der Waals surface area contributed by atoms with Crippen molar-refractivity contribution in [1.29, 1.82) is 0 Å². The Morgan fingerprint density at radius 3 is 2.74 bits per heavy atom. The number of aliphatic hydroxyl groups excluding tert-OH is 1. The predicted octanol–water partition coefficient (Wildman–Crippen LogP) is 1.92. The van der Waals surface area contributed by atoms with E-state index in [1.54, 1.807) is 7.11 Å². The lowest BCUT2D eigenvalue weighted by Crippen LogP contribution is -2.42. The zero-order chi connectivity index (χ0) is 13.7. The van der Waals surface area contributed by atoms with Gasteiger partial charge >= 0.3 is 0 Å². The highest BCUT2D eigenvalue weighted by atomic mass is 16.5. The molecule has 1 fully saturated rings. The van der Waals surface area contributed by atoms with Gasteiger partial charge in [-0.05, 0) is 25.0 Å². The predicted molar refractivity (Wildman–Crippen MR) is 75.8 cm³/mol. The number of hydrogen-bond acceptors (Lipinski definition) is 4. The summed E-state index contributed by atoms with van der Waals surface area (Å²) < 4.78 is 10.7. The quantitative estimate of drug-likeness (QED) is 0.883. The molecular weight excluding hydrogens is 242 g/mol. The highest BCUT2D eigenvalue weighted by Crippen LogP contribution is 2.32. The third-order valence-corrected chi connectivity index (χ3v) is 3.96. The summed E-state index contributed by atoms with van der Waals surface area (Å²) in [6.45, 7) is 2.53. The molecule has 0 radical (unpaired) electrons. The number of rotatable bonds is 5. The molecule has 0 bridgehead atoms. The van der Waals surface area contributed by atoms with E-state index in [1.165, 1.54) is 0 Å². The topological polar surface area (TPSA) is 41.9 Å². The van der Waals surface area contributed by atoms with Gasteiger partial charge in [-0.25, -0.2) is 0 Å². The average Bonchev–Trinajstić information content (AvgIpc) is 2.48. The van der Waals surface area contributed by atoms with Crippen molar-refractivity contribution < 1.29 is 14.6 Å². The molecule has 106 valence electrons. The second kappa shape index (κ2) is 6.26. The first-order valence-corrected chi connectivity index (χ1v) is 6.73. The van der Waals surface area contributed by atoms with E-state index in [1.807, 2.05) is 18.2 Å². The first-order chi connectivity index (χ1) is 9.19. The van der Waals surface area contributed by atoms with Crippen molar-refractivity contribution in [2.45, 2.75) is 12.8 Å². The number of methoxy groups -OCH3 is 1. The third-order valence-electron chi connectivity index (χ3n) is 3.96. The van der Waals surface area contributed by atoms with Gasteiger partial charge in [0.1, 0.15) is 5.75 Å². The molecule has 1 aliphatic rings. The molecule has 1 heterocycles. The van der Waals surface area contributed by atoms with Crippen LogP contribution in [0.2, 0.25) is 0 Å². The summed E-state index contributed by atoms with van der Waals surface area (Å²) in [7, 11) is 3.73. The maximum atomic E-state index is 9.73. The Balaban J connectivity index is 2.07. The van der Waals surface area contributed by atoms with Crippen LogP contribution in [-0.2, 0) is 4.74 Å². The van der Waals surface area contributed by atoms with Gasteiger partial charge in [0, 0.05) is 44.0 Å². The van der Waals surface area contributed by atoms with Gasteiger partial charge in [-0.3, -0.25) is 0 Å². The van der Waals surface area contributed by atoms with Crippen LogP contribution in [0.25, 0.3) is 0 Å². The van der Waals surface area contributed by atoms with Gasteiger partial charge in [-0.2, -0.15) is 0 Å². The Hall–Kier alpha value is -1.26. The summed E-state index contributed by atoms with van der Waals surface area (Å²) in [5.41, 5.74) is 1.06. The standard InChI is InChI=1S/C15H23NO3/c1-16(13-4-3-5-14(10-13)18-2)11-15(12-17)6-8-19-9-7-15/h3-5,10,17H,6-9,11-12H2,1-2H3. The molecule has 1 aromatic carbocycles. The number of aliphatic hydroxyl groups is 1. The Bertz CT molecular complexity index is 402. The summed E-state index contributed by atoms with van der Waals surface area (Å²) >= 11 is 0. The van der Waals surface area contributed by atoms with Crippen molar-refractivity contribution in [3.63, 3.8) is 0 Å². The molecule has 0 saturated carbocycles. The highest BCUT2D eigenvalue weighted by Gasteiger charge is 2.33. The second-order valence-corrected chi connectivity index (χ2v) is 5.33. The van der Waals surface area contributed by atoms with Crippen LogP contribution in [0.3, 0.4) is 0 Å². The van der Waals surface area contributed by atoms with Crippen LogP contribution in [-0.4, -0.2) is 45.6 Å². The SMILES string of the molecule is COc1cccc(N(C)CC2(CO)CCOCC2)c1. The third kappa shape index (κ3) is 3.39. The Morgan fingerprint density at radius 1 is 1.37 bits per heavy atom. The van der Waals surface area contributed by atoms with Crippen LogP contribution in [0.5, 0.6) is 5.75 Å². The van der Waals surface area contributed by atoms with Gasteiger partial charge in [0.2, 0.25) is 0 Å². The number of ether oxygens (including phenoxy) is 2. The molecule has 1 saturated heterocycles. The van der Waals surface area contributed by atoms with Crippen molar-refractivity contribution in [2.24, 2.45) is 5.41 Å². The molecule has 0 spiro atoms. The van der Waals surface area contributed by atoms with Crippen LogP contribution in [0.1, 0.15) is 12.8 Å². The smallest absolute Gasteiger partial charge is 0.120 e. The van der Waals surface area contributed by atoms with E-state index in [9.17, 15) is 5.11 Å². The van der Waals surface area contributed by atoms with E-state index >= 15 is 0 Å². The maximum Gasteiger partial charge on any atom is 0.120 e. The van der Waals surface area contributed by atoms with E-state index < -0.39 is 0 Å². The molecule has 1 aliphatic heterocycles. The number of benzene rings is 1. The van der Waals surface area contributed by atoms with Crippen molar-refractivity contribution in [2.75, 3.05) is 45.4 Å². The van der Waals surface area contributed by atoms with Crippen LogP contribution in [0, 0.1) is 5.41 Å². The fraction of sp³-hybridized carbons (Fsp3) is 0.600. The summed E-state index contributed by atoms with van der Waals surface area (Å²) in [5.74, 6) is 0.856. The molecular formula is C15H23NO3. The second-order valence-electron chi connectivity index (χ2n) is 5.33. The minimum atomic E-state index is -0.0456. The lowest BCUT2D eigenvalue weighted by molar-refractivity contribution is -0.0113. The van der Waals surface area contributed by atoms with E-state index in [2.05, 4.69) is 18.0 Å². The van der Waals surface area contributed by atoms with E-state index in [0.717, 1.165) is 44.0 Å².